The molecule has 0 radical (unpaired) electrons. The summed E-state index contributed by atoms with van der Waals surface area (Å²) in [6.45, 7) is 10.7. The van der Waals surface area contributed by atoms with Crippen molar-refractivity contribution in [1.29, 1.82) is 0 Å². The van der Waals surface area contributed by atoms with Crippen LogP contribution in [0.5, 0.6) is 5.75 Å². The highest BCUT2D eigenvalue weighted by atomic mass is 16.5. The lowest BCUT2D eigenvalue weighted by molar-refractivity contribution is 0.415. The first-order chi connectivity index (χ1) is 11.8. The van der Waals surface area contributed by atoms with E-state index >= 15 is 0 Å². The van der Waals surface area contributed by atoms with Crippen LogP contribution in [0.2, 0.25) is 0 Å². The van der Waals surface area contributed by atoms with Gasteiger partial charge in [-0.05, 0) is 70.5 Å². The van der Waals surface area contributed by atoms with E-state index in [1.807, 2.05) is 12.1 Å². The van der Waals surface area contributed by atoms with Crippen molar-refractivity contribution in [2.75, 3.05) is 12.4 Å². The topological polar surface area (TPSA) is 52.0 Å². The Labute approximate surface area is 149 Å². The third kappa shape index (κ3) is 3.45. The van der Waals surface area contributed by atoms with Crippen molar-refractivity contribution in [3.05, 3.63) is 36.7 Å². The molecule has 0 spiro atoms. The minimum absolute atomic E-state index is 0.0680. The third-order valence-electron chi connectivity index (χ3n) is 4.03. The van der Waals surface area contributed by atoms with E-state index in [0.29, 0.717) is 0 Å². The standard InChI is InChI=1S/C20H26N4O/c1-13(2)24-17(14-7-9-15(25-6)10-8-14)11-16-18(23-20(3,4)5)21-12-22-19(16)24/h7-13H,1-6H3,(H,21,22,23). The van der Waals surface area contributed by atoms with E-state index in [1.54, 1.807) is 13.4 Å². The molecule has 2 aromatic heterocycles. The monoisotopic (exact) mass is 338 g/mol. The molecule has 25 heavy (non-hydrogen) atoms. The molecule has 0 fully saturated rings. The molecule has 0 unspecified atom stereocenters. The van der Waals surface area contributed by atoms with E-state index in [-0.39, 0.29) is 11.6 Å². The first-order valence-electron chi connectivity index (χ1n) is 8.58. The van der Waals surface area contributed by atoms with Gasteiger partial charge in [-0.25, -0.2) is 9.97 Å². The van der Waals surface area contributed by atoms with Gasteiger partial charge < -0.3 is 14.6 Å². The van der Waals surface area contributed by atoms with E-state index in [9.17, 15) is 0 Å². The Morgan fingerprint density at radius 1 is 1.08 bits per heavy atom. The van der Waals surface area contributed by atoms with Crippen molar-refractivity contribution in [2.24, 2.45) is 0 Å². The van der Waals surface area contributed by atoms with Gasteiger partial charge in [0.25, 0.3) is 0 Å². The van der Waals surface area contributed by atoms with E-state index in [2.05, 4.69) is 72.7 Å². The lowest BCUT2D eigenvalue weighted by Crippen LogP contribution is -2.26. The summed E-state index contributed by atoms with van der Waals surface area (Å²) in [6.07, 6.45) is 1.63. The van der Waals surface area contributed by atoms with E-state index in [1.165, 1.54) is 0 Å². The van der Waals surface area contributed by atoms with Crippen LogP contribution in [0, 0.1) is 0 Å². The number of methoxy groups -OCH3 is 1. The molecule has 0 bridgehead atoms. The van der Waals surface area contributed by atoms with Crippen LogP contribution in [-0.4, -0.2) is 27.2 Å². The second-order valence-corrected chi connectivity index (χ2v) is 7.56. The van der Waals surface area contributed by atoms with Crippen molar-refractivity contribution in [1.82, 2.24) is 14.5 Å². The maximum absolute atomic E-state index is 5.28. The average Bonchev–Trinajstić information content (AvgIpc) is 2.94. The van der Waals surface area contributed by atoms with Gasteiger partial charge in [0.2, 0.25) is 0 Å². The lowest BCUT2D eigenvalue weighted by Gasteiger charge is -2.21. The molecule has 0 saturated heterocycles. The molecule has 3 aromatic rings. The minimum atomic E-state index is -0.0680. The van der Waals surface area contributed by atoms with Crippen molar-refractivity contribution in [2.45, 2.75) is 46.2 Å². The maximum atomic E-state index is 5.28. The highest BCUT2D eigenvalue weighted by Gasteiger charge is 2.19. The number of hydrogen-bond donors (Lipinski definition) is 1. The van der Waals surface area contributed by atoms with Crippen LogP contribution in [0.1, 0.15) is 40.7 Å². The minimum Gasteiger partial charge on any atom is -0.497 e. The normalized spacial score (nSPS) is 12.0. The smallest absolute Gasteiger partial charge is 0.146 e. The Morgan fingerprint density at radius 3 is 2.32 bits per heavy atom. The first kappa shape index (κ1) is 17.3. The Balaban J connectivity index is 2.20. The van der Waals surface area contributed by atoms with Gasteiger partial charge >= 0.3 is 0 Å². The summed E-state index contributed by atoms with van der Waals surface area (Å²) in [5, 5.41) is 4.53. The summed E-state index contributed by atoms with van der Waals surface area (Å²) in [7, 11) is 1.68. The summed E-state index contributed by atoms with van der Waals surface area (Å²) in [5.74, 6) is 1.72. The van der Waals surface area contributed by atoms with Crippen molar-refractivity contribution in [3.8, 4) is 17.0 Å². The largest absolute Gasteiger partial charge is 0.497 e. The highest BCUT2D eigenvalue weighted by molar-refractivity contribution is 5.92. The van der Waals surface area contributed by atoms with Gasteiger partial charge in [0.1, 0.15) is 23.5 Å². The number of anilines is 1. The molecule has 0 amide bonds. The van der Waals surface area contributed by atoms with Crippen molar-refractivity contribution in [3.63, 3.8) is 0 Å². The fourth-order valence-electron chi connectivity index (χ4n) is 2.99. The van der Waals surface area contributed by atoms with Gasteiger partial charge in [0.15, 0.2) is 0 Å². The number of fused-ring (bicyclic) bond motifs is 1. The molecule has 0 atom stereocenters. The number of benzene rings is 1. The number of nitrogens with zero attached hydrogens (tertiary/aromatic N) is 3. The van der Waals surface area contributed by atoms with Crippen LogP contribution in [0.4, 0.5) is 5.82 Å². The number of aromatic nitrogens is 3. The van der Waals surface area contributed by atoms with Gasteiger partial charge in [-0.1, -0.05) is 0 Å². The van der Waals surface area contributed by atoms with E-state index < -0.39 is 0 Å². The van der Waals surface area contributed by atoms with Gasteiger partial charge in [0, 0.05) is 11.6 Å². The van der Waals surface area contributed by atoms with Crippen LogP contribution in [0.15, 0.2) is 36.7 Å². The molecule has 0 aliphatic heterocycles. The number of hydrogen-bond acceptors (Lipinski definition) is 4. The number of nitrogens with one attached hydrogen (secondary N) is 1. The van der Waals surface area contributed by atoms with Gasteiger partial charge in [-0.3, -0.25) is 0 Å². The summed E-state index contributed by atoms with van der Waals surface area (Å²) < 4.78 is 7.53. The van der Waals surface area contributed by atoms with Crippen molar-refractivity contribution >= 4 is 16.9 Å². The summed E-state index contributed by atoms with van der Waals surface area (Å²) in [6, 6.07) is 10.6. The molecular weight excluding hydrogens is 312 g/mol. The van der Waals surface area contributed by atoms with E-state index in [4.69, 9.17) is 4.74 Å². The van der Waals surface area contributed by atoms with E-state index in [0.717, 1.165) is 33.9 Å². The molecule has 0 aliphatic carbocycles. The number of rotatable bonds is 4. The van der Waals surface area contributed by atoms with Gasteiger partial charge in [-0.15, -0.1) is 0 Å². The zero-order valence-corrected chi connectivity index (χ0v) is 15.8. The van der Waals surface area contributed by atoms with Crippen LogP contribution in [0.3, 0.4) is 0 Å². The molecule has 2 heterocycles. The molecule has 5 heteroatoms. The maximum Gasteiger partial charge on any atom is 0.146 e. The zero-order valence-electron chi connectivity index (χ0n) is 15.8. The Bertz CT molecular complexity index is 873. The molecule has 0 saturated carbocycles. The molecule has 0 aliphatic rings. The predicted octanol–water partition coefficient (Wildman–Crippen LogP) is 4.90. The van der Waals surface area contributed by atoms with Crippen LogP contribution in [0.25, 0.3) is 22.3 Å². The number of ether oxygens (including phenoxy) is 1. The molecule has 3 rings (SSSR count). The highest BCUT2D eigenvalue weighted by Crippen LogP contribution is 2.34. The van der Waals surface area contributed by atoms with Crippen LogP contribution < -0.4 is 10.1 Å². The second kappa shape index (κ2) is 6.39. The Hall–Kier alpha value is -2.56. The molecular formula is C20H26N4O. The lowest BCUT2D eigenvalue weighted by atomic mass is 10.1. The summed E-state index contributed by atoms with van der Waals surface area (Å²) >= 11 is 0. The SMILES string of the molecule is COc1ccc(-c2cc3c(NC(C)(C)C)ncnc3n2C(C)C)cc1. The summed E-state index contributed by atoms with van der Waals surface area (Å²) in [5.41, 5.74) is 3.14. The van der Waals surface area contributed by atoms with Gasteiger partial charge in [-0.2, -0.15) is 0 Å². The van der Waals surface area contributed by atoms with Crippen LogP contribution >= 0.6 is 0 Å². The van der Waals surface area contributed by atoms with Crippen molar-refractivity contribution < 1.29 is 4.74 Å². The predicted molar refractivity (Wildman–Crippen MR) is 103 cm³/mol. The molecule has 5 nitrogen and oxygen atoms in total. The first-order valence-corrected chi connectivity index (χ1v) is 8.58. The average molecular weight is 338 g/mol. The molecule has 1 N–H and O–H groups in total. The third-order valence-corrected chi connectivity index (χ3v) is 4.03. The fourth-order valence-corrected chi connectivity index (χ4v) is 2.99. The summed E-state index contributed by atoms with van der Waals surface area (Å²) in [4.78, 5) is 9.03. The van der Waals surface area contributed by atoms with Gasteiger partial charge in [0.05, 0.1) is 18.2 Å². The zero-order chi connectivity index (χ0) is 18.2. The fraction of sp³-hybridized carbons (Fsp3) is 0.400. The Morgan fingerprint density at radius 2 is 1.76 bits per heavy atom. The molecule has 132 valence electrons. The Kier molecular flexibility index (Phi) is 4.41. The second-order valence-electron chi connectivity index (χ2n) is 7.56. The quantitative estimate of drug-likeness (QED) is 0.735. The molecule has 1 aromatic carbocycles. The van der Waals surface area contributed by atoms with Crippen LogP contribution in [-0.2, 0) is 0 Å².